The molecule has 0 radical (unpaired) electrons. The smallest absolute Gasteiger partial charge is 0.275 e. The zero-order chi connectivity index (χ0) is 13.8. The van der Waals surface area contributed by atoms with Gasteiger partial charge in [0.1, 0.15) is 5.75 Å². The molecule has 1 saturated carbocycles. The third-order valence-electron chi connectivity index (χ3n) is 3.21. The van der Waals surface area contributed by atoms with E-state index < -0.39 is 4.92 Å². The number of non-ortho nitro benzene ring substituents is 1. The second-order valence-electron chi connectivity index (χ2n) is 4.57. The second kappa shape index (κ2) is 5.88. The molecule has 1 N–H and O–H groups in total. The van der Waals surface area contributed by atoms with Gasteiger partial charge in [-0.05, 0) is 19.8 Å². The predicted octanol–water partition coefficient (Wildman–Crippen LogP) is 2.58. The Balaban J connectivity index is 2.00. The van der Waals surface area contributed by atoms with Crippen LogP contribution in [0.1, 0.15) is 19.8 Å². The van der Waals surface area contributed by atoms with Crippen molar-refractivity contribution in [1.29, 1.82) is 0 Å². The Labute approximate surface area is 111 Å². The van der Waals surface area contributed by atoms with E-state index in [0.717, 1.165) is 19.4 Å². The highest BCUT2D eigenvalue weighted by Crippen LogP contribution is 2.30. The van der Waals surface area contributed by atoms with E-state index in [1.807, 2.05) is 6.92 Å². The Morgan fingerprint density at radius 1 is 1.42 bits per heavy atom. The summed E-state index contributed by atoms with van der Waals surface area (Å²) < 4.78 is 10.5. The summed E-state index contributed by atoms with van der Waals surface area (Å²) in [6.45, 7) is 2.70. The van der Waals surface area contributed by atoms with Crippen molar-refractivity contribution in [3.05, 3.63) is 28.3 Å². The van der Waals surface area contributed by atoms with Gasteiger partial charge >= 0.3 is 0 Å². The van der Waals surface area contributed by atoms with E-state index in [2.05, 4.69) is 5.32 Å². The molecule has 1 aromatic rings. The molecule has 0 aromatic heterocycles. The molecule has 19 heavy (non-hydrogen) atoms. The molecule has 0 aliphatic heterocycles. The first-order valence-corrected chi connectivity index (χ1v) is 6.34. The fourth-order valence-electron chi connectivity index (χ4n) is 2.18. The number of nitrogens with one attached hydrogen (secondary N) is 1. The molecule has 6 nitrogen and oxygen atoms in total. The molecule has 0 saturated heterocycles. The van der Waals surface area contributed by atoms with Gasteiger partial charge in [0.25, 0.3) is 5.69 Å². The number of hydrogen-bond donors (Lipinski definition) is 1. The molecule has 0 atom stereocenters. The first kappa shape index (κ1) is 13.6. The SMILES string of the molecule is CCOC1CC(Nc2cc(OC)cc([N+](=O)[O-])c2)C1. The van der Waals surface area contributed by atoms with E-state index >= 15 is 0 Å². The lowest BCUT2D eigenvalue weighted by molar-refractivity contribution is -0.384. The van der Waals surface area contributed by atoms with E-state index in [0.29, 0.717) is 23.6 Å². The number of nitro benzene ring substituents is 1. The quantitative estimate of drug-likeness (QED) is 0.632. The molecule has 2 rings (SSSR count). The van der Waals surface area contributed by atoms with Crippen LogP contribution >= 0.6 is 0 Å². The van der Waals surface area contributed by atoms with E-state index in [-0.39, 0.29) is 5.69 Å². The summed E-state index contributed by atoms with van der Waals surface area (Å²) in [6.07, 6.45) is 2.17. The van der Waals surface area contributed by atoms with Gasteiger partial charge in [-0.15, -0.1) is 0 Å². The van der Waals surface area contributed by atoms with Crippen molar-refractivity contribution in [3.63, 3.8) is 0 Å². The number of benzene rings is 1. The minimum atomic E-state index is -0.419. The topological polar surface area (TPSA) is 73.6 Å². The lowest BCUT2D eigenvalue weighted by Gasteiger charge is -2.36. The summed E-state index contributed by atoms with van der Waals surface area (Å²) >= 11 is 0. The zero-order valence-electron chi connectivity index (χ0n) is 11.1. The molecule has 1 aliphatic carbocycles. The highest BCUT2D eigenvalue weighted by atomic mass is 16.6. The predicted molar refractivity (Wildman–Crippen MR) is 71.7 cm³/mol. The van der Waals surface area contributed by atoms with Crippen molar-refractivity contribution in [3.8, 4) is 5.75 Å². The fourth-order valence-corrected chi connectivity index (χ4v) is 2.18. The van der Waals surface area contributed by atoms with E-state index in [1.165, 1.54) is 19.2 Å². The lowest BCUT2D eigenvalue weighted by atomic mass is 9.89. The first-order valence-electron chi connectivity index (χ1n) is 6.34. The van der Waals surface area contributed by atoms with Gasteiger partial charge in [-0.1, -0.05) is 0 Å². The van der Waals surface area contributed by atoms with Crippen molar-refractivity contribution in [1.82, 2.24) is 0 Å². The third kappa shape index (κ3) is 3.35. The molecule has 0 bridgehead atoms. The van der Waals surface area contributed by atoms with Gasteiger partial charge in [-0.25, -0.2) is 0 Å². The number of nitro groups is 1. The maximum atomic E-state index is 10.8. The maximum Gasteiger partial charge on any atom is 0.275 e. The van der Waals surface area contributed by atoms with Crippen LogP contribution in [0, 0.1) is 10.1 Å². The molecule has 0 spiro atoms. The monoisotopic (exact) mass is 266 g/mol. The molecular weight excluding hydrogens is 248 g/mol. The van der Waals surface area contributed by atoms with E-state index in [1.54, 1.807) is 6.07 Å². The van der Waals surface area contributed by atoms with Gasteiger partial charge in [0.05, 0.1) is 24.2 Å². The molecule has 6 heteroatoms. The maximum absolute atomic E-state index is 10.8. The summed E-state index contributed by atoms with van der Waals surface area (Å²) in [7, 11) is 1.50. The molecule has 0 unspecified atom stereocenters. The number of ether oxygens (including phenoxy) is 2. The van der Waals surface area contributed by atoms with Crippen molar-refractivity contribution in [2.24, 2.45) is 0 Å². The highest BCUT2D eigenvalue weighted by molar-refractivity contribution is 5.57. The fraction of sp³-hybridized carbons (Fsp3) is 0.538. The zero-order valence-corrected chi connectivity index (χ0v) is 11.1. The molecule has 104 valence electrons. The van der Waals surface area contributed by atoms with E-state index in [4.69, 9.17) is 9.47 Å². The van der Waals surface area contributed by atoms with E-state index in [9.17, 15) is 10.1 Å². The lowest BCUT2D eigenvalue weighted by Crippen LogP contribution is -2.40. The van der Waals surface area contributed by atoms with Crippen LogP contribution in [0.3, 0.4) is 0 Å². The molecular formula is C13H18N2O4. The van der Waals surface area contributed by atoms with Gasteiger partial charge in [-0.2, -0.15) is 0 Å². The standard InChI is InChI=1S/C13H18N2O4/c1-3-19-13-6-10(7-13)14-9-4-11(15(16)17)8-12(5-9)18-2/h4-5,8,10,13-14H,3,6-7H2,1-2H3. The Kier molecular flexibility index (Phi) is 4.21. The highest BCUT2D eigenvalue weighted by Gasteiger charge is 2.29. The van der Waals surface area contributed by atoms with Crippen molar-refractivity contribution < 1.29 is 14.4 Å². The number of anilines is 1. The van der Waals surface area contributed by atoms with Gasteiger partial charge in [0.15, 0.2) is 0 Å². The average molecular weight is 266 g/mol. The number of nitrogens with zero attached hydrogens (tertiary/aromatic N) is 1. The molecule has 1 fully saturated rings. The minimum Gasteiger partial charge on any atom is -0.496 e. The van der Waals surface area contributed by atoms with Crippen molar-refractivity contribution in [2.45, 2.75) is 31.9 Å². The van der Waals surface area contributed by atoms with Crippen LogP contribution in [0.2, 0.25) is 0 Å². The van der Waals surface area contributed by atoms with Crippen LogP contribution in [0.25, 0.3) is 0 Å². The Morgan fingerprint density at radius 3 is 2.74 bits per heavy atom. The summed E-state index contributed by atoms with van der Waals surface area (Å²) in [5, 5.41) is 14.1. The minimum absolute atomic E-state index is 0.0301. The third-order valence-corrected chi connectivity index (χ3v) is 3.21. The van der Waals surface area contributed by atoms with Crippen LogP contribution in [-0.4, -0.2) is 30.8 Å². The Bertz CT molecular complexity index is 458. The van der Waals surface area contributed by atoms with Gasteiger partial charge in [0.2, 0.25) is 0 Å². The summed E-state index contributed by atoms with van der Waals surface area (Å²) in [6, 6.07) is 5.01. The Morgan fingerprint density at radius 2 is 2.16 bits per heavy atom. The normalized spacial score (nSPS) is 21.6. The number of hydrogen-bond acceptors (Lipinski definition) is 5. The number of methoxy groups -OCH3 is 1. The molecule has 0 amide bonds. The van der Waals surface area contributed by atoms with Crippen molar-refractivity contribution >= 4 is 11.4 Å². The van der Waals surface area contributed by atoms with Crippen LogP contribution < -0.4 is 10.1 Å². The number of rotatable bonds is 6. The van der Waals surface area contributed by atoms with Gasteiger partial charge in [-0.3, -0.25) is 10.1 Å². The second-order valence-corrected chi connectivity index (χ2v) is 4.57. The van der Waals surface area contributed by atoms with Crippen LogP contribution in [0.15, 0.2) is 18.2 Å². The Hall–Kier alpha value is -1.82. The summed E-state index contributed by atoms with van der Waals surface area (Å²) in [5.41, 5.74) is 0.744. The summed E-state index contributed by atoms with van der Waals surface area (Å²) in [5.74, 6) is 0.484. The largest absolute Gasteiger partial charge is 0.496 e. The van der Waals surface area contributed by atoms with Crippen LogP contribution in [-0.2, 0) is 4.74 Å². The summed E-state index contributed by atoms with van der Waals surface area (Å²) in [4.78, 5) is 10.4. The first-order chi connectivity index (χ1) is 9.12. The van der Waals surface area contributed by atoms with Crippen molar-refractivity contribution in [2.75, 3.05) is 19.0 Å². The molecule has 1 aromatic carbocycles. The van der Waals surface area contributed by atoms with Crippen LogP contribution in [0.5, 0.6) is 5.75 Å². The van der Waals surface area contributed by atoms with Gasteiger partial charge < -0.3 is 14.8 Å². The molecule has 1 aliphatic rings. The van der Waals surface area contributed by atoms with Gasteiger partial charge in [0, 0.05) is 30.5 Å². The van der Waals surface area contributed by atoms with Crippen LogP contribution in [0.4, 0.5) is 11.4 Å². The average Bonchev–Trinajstić information content (AvgIpc) is 2.35. The molecule has 0 heterocycles.